The molecular weight excluding hydrogens is 252 g/mol. The smallest absolute Gasteiger partial charge is 0.233 e. The predicted octanol–water partition coefficient (Wildman–Crippen LogP) is 0.314. The van der Waals surface area contributed by atoms with Crippen molar-refractivity contribution < 1.29 is 13.2 Å². The number of hydrogen-bond donors (Lipinski definition) is 2. The highest BCUT2D eigenvalue weighted by Crippen LogP contribution is 2.24. The fourth-order valence-corrected chi connectivity index (χ4v) is 3.70. The molecule has 0 spiro atoms. The van der Waals surface area contributed by atoms with Gasteiger partial charge < -0.3 is 10.6 Å². The number of carbonyl (C=O) groups excluding carboxylic acids is 1. The Labute approximate surface area is 110 Å². The minimum absolute atomic E-state index is 0.0668. The van der Waals surface area contributed by atoms with Crippen LogP contribution in [0.4, 0.5) is 0 Å². The van der Waals surface area contributed by atoms with Gasteiger partial charge in [0.2, 0.25) is 5.91 Å². The number of nitrogens with one attached hydrogen (secondary N) is 2. The third-order valence-electron chi connectivity index (χ3n) is 3.23. The first-order valence-electron chi connectivity index (χ1n) is 6.49. The highest BCUT2D eigenvalue weighted by Gasteiger charge is 2.34. The summed E-state index contributed by atoms with van der Waals surface area (Å²) >= 11 is 0. The average Bonchev–Trinajstić information content (AvgIpc) is 2.71. The molecule has 106 valence electrons. The second-order valence-electron chi connectivity index (χ2n) is 5.48. The summed E-state index contributed by atoms with van der Waals surface area (Å²) in [7, 11) is -3.02. The summed E-state index contributed by atoms with van der Waals surface area (Å²) in [5.74, 6) is 0.354. The van der Waals surface area contributed by atoms with Crippen LogP contribution in [0.2, 0.25) is 0 Å². The Morgan fingerprint density at radius 2 is 2.00 bits per heavy atom. The van der Waals surface area contributed by atoms with Crippen LogP contribution >= 0.6 is 0 Å². The van der Waals surface area contributed by atoms with Crippen LogP contribution in [-0.2, 0) is 14.6 Å². The van der Waals surface area contributed by atoms with Crippen LogP contribution < -0.4 is 10.6 Å². The molecule has 1 rings (SSSR count). The first kappa shape index (κ1) is 15.4. The molecule has 1 saturated carbocycles. The van der Waals surface area contributed by atoms with E-state index in [1.54, 1.807) is 0 Å². The molecule has 2 unspecified atom stereocenters. The van der Waals surface area contributed by atoms with Crippen molar-refractivity contribution in [1.29, 1.82) is 0 Å². The Balaban J connectivity index is 2.37. The molecule has 1 fully saturated rings. The summed E-state index contributed by atoms with van der Waals surface area (Å²) in [6.07, 6.45) is 3.71. The van der Waals surface area contributed by atoms with Gasteiger partial charge in [0.1, 0.15) is 0 Å². The van der Waals surface area contributed by atoms with Crippen molar-refractivity contribution in [2.24, 2.45) is 5.92 Å². The van der Waals surface area contributed by atoms with Crippen LogP contribution in [0, 0.1) is 5.92 Å². The van der Waals surface area contributed by atoms with E-state index in [0.717, 1.165) is 12.8 Å². The molecule has 1 aliphatic rings. The topological polar surface area (TPSA) is 75.3 Å². The molecule has 1 amide bonds. The van der Waals surface area contributed by atoms with Crippen LogP contribution in [0.25, 0.3) is 0 Å². The van der Waals surface area contributed by atoms with E-state index in [1.807, 2.05) is 13.8 Å². The Morgan fingerprint density at radius 3 is 2.56 bits per heavy atom. The van der Waals surface area contributed by atoms with Gasteiger partial charge in [-0.25, -0.2) is 8.42 Å². The molecule has 0 saturated heterocycles. The maximum atomic E-state index is 11.6. The van der Waals surface area contributed by atoms with Crippen LogP contribution in [0.3, 0.4) is 0 Å². The maximum Gasteiger partial charge on any atom is 0.233 e. The number of amides is 1. The number of sulfone groups is 1. The van der Waals surface area contributed by atoms with E-state index < -0.39 is 9.84 Å². The fourth-order valence-electron chi connectivity index (χ4n) is 2.28. The molecule has 0 aliphatic heterocycles. The lowest BCUT2D eigenvalue weighted by molar-refractivity contribution is -0.120. The zero-order chi connectivity index (χ0) is 13.8. The summed E-state index contributed by atoms with van der Waals surface area (Å²) in [6.45, 7) is 4.92. The van der Waals surface area contributed by atoms with Gasteiger partial charge >= 0.3 is 0 Å². The van der Waals surface area contributed by atoms with E-state index in [1.165, 1.54) is 6.26 Å². The van der Waals surface area contributed by atoms with Gasteiger partial charge in [0, 0.05) is 18.8 Å². The van der Waals surface area contributed by atoms with Gasteiger partial charge in [-0.05, 0) is 18.8 Å². The van der Waals surface area contributed by atoms with Gasteiger partial charge in [0.05, 0.1) is 11.8 Å². The van der Waals surface area contributed by atoms with Gasteiger partial charge in [0.15, 0.2) is 9.84 Å². The standard InChI is InChI=1S/C12H24N2O3S/c1-9(2)7-14-12(15)8-13-10-5-4-6-11(10)18(3,16)17/h9-11,13H,4-8H2,1-3H3,(H,14,15). The Hall–Kier alpha value is -0.620. The van der Waals surface area contributed by atoms with Crippen LogP contribution in [0.5, 0.6) is 0 Å². The van der Waals surface area contributed by atoms with Crippen LogP contribution in [0.15, 0.2) is 0 Å². The summed E-state index contributed by atoms with van der Waals surface area (Å²) in [5.41, 5.74) is 0. The SMILES string of the molecule is CC(C)CNC(=O)CNC1CCCC1S(C)(=O)=O. The quantitative estimate of drug-likeness (QED) is 0.732. The number of rotatable bonds is 6. The molecule has 6 heteroatoms. The number of hydrogen-bond acceptors (Lipinski definition) is 4. The van der Waals surface area contributed by atoms with Crippen LogP contribution in [-0.4, -0.2) is 45.0 Å². The van der Waals surface area contributed by atoms with Crippen molar-refractivity contribution in [2.45, 2.75) is 44.4 Å². The number of carbonyl (C=O) groups is 1. The largest absolute Gasteiger partial charge is 0.355 e. The van der Waals surface area contributed by atoms with E-state index in [4.69, 9.17) is 0 Å². The minimum atomic E-state index is -3.02. The zero-order valence-corrected chi connectivity index (χ0v) is 12.2. The molecule has 18 heavy (non-hydrogen) atoms. The molecular formula is C12H24N2O3S. The maximum absolute atomic E-state index is 11.6. The van der Waals surface area contributed by atoms with E-state index in [-0.39, 0.29) is 23.7 Å². The van der Waals surface area contributed by atoms with E-state index >= 15 is 0 Å². The van der Waals surface area contributed by atoms with Gasteiger partial charge in [0.25, 0.3) is 0 Å². The summed E-state index contributed by atoms with van der Waals surface area (Å²) in [5, 5.41) is 5.54. The average molecular weight is 276 g/mol. The molecule has 0 heterocycles. The molecule has 0 radical (unpaired) electrons. The lowest BCUT2D eigenvalue weighted by atomic mass is 10.2. The van der Waals surface area contributed by atoms with Gasteiger partial charge in [-0.2, -0.15) is 0 Å². The van der Waals surface area contributed by atoms with E-state index in [9.17, 15) is 13.2 Å². The Morgan fingerprint density at radius 1 is 1.33 bits per heavy atom. The minimum Gasteiger partial charge on any atom is -0.355 e. The molecule has 2 N–H and O–H groups in total. The zero-order valence-electron chi connectivity index (χ0n) is 11.4. The Bertz CT molecular complexity index is 379. The molecule has 2 atom stereocenters. The summed E-state index contributed by atoms with van der Waals surface area (Å²) in [4.78, 5) is 11.5. The van der Waals surface area contributed by atoms with Gasteiger partial charge in [-0.1, -0.05) is 20.3 Å². The second-order valence-corrected chi connectivity index (χ2v) is 7.75. The van der Waals surface area contributed by atoms with Gasteiger partial charge in [-0.3, -0.25) is 4.79 Å². The normalized spacial score (nSPS) is 24.4. The van der Waals surface area contributed by atoms with E-state index in [0.29, 0.717) is 18.9 Å². The first-order chi connectivity index (χ1) is 8.30. The lowest BCUT2D eigenvalue weighted by Crippen LogP contribution is -2.45. The van der Waals surface area contributed by atoms with Crippen molar-refractivity contribution in [3.8, 4) is 0 Å². The molecule has 0 aromatic rings. The monoisotopic (exact) mass is 276 g/mol. The molecule has 5 nitrogen and oxygen atoms in total. The highest BCUT2D eigenvalue weighted by molar-refractivity contribution is 7.91. The van der Waals surface area contributed by atoms with Crippen LogP contribution in [0.1, 0.15) is 33.1 Å². The van der Waals surface area contributed by atoms with E-state index in [2.05, 4.69) is 10.6 Å². The predicted molar refractivity (Wildman–Crippen MR) is 72.1 cm³/mol. The first-order valence-corrected chi connectivity index (χ1v) is 8.45. The van der Waals surface area contributed by atoms with Gasteiger partial charge in [-0.15, -0.1) is 0 Å². The molecule has 0 aromatic heterocycles. The lowest BCUT2D eigenvalue weighted by Gasteiger charge is -2.19. The van der Waals surface area contributed by atoms with Crippen molar-refractivity contribution in [3.63, 3.8) is 0 Å². The van der Waals surface area contributed by atoms with Crippen molar-refractivity contribution in [2.75, 3.05) is 19.3 Å². The van der Waals surface area contributed by atoms with Crippen molar-refractivity contribution in [3.05, 3.63) is 0 Å². The third kappa shape index (κ3) is 4.94. The Kier molecular flexibility index (Phi) is 5.59. The third-order valence-corrected chi connectivity index (χ3v) is 4.90. The molecule has 0 aromatic carbocycles. The van der Waals surface area contributed by atoms with Crippen molar-refractivity contribution in [1.82, 2.24) is 10.6 Å². The summed E-state index contributed by atoms with van der Waals surface area (Å²) < 4.78 is 23.1. The second kappa shape index (κ2) is 6.52. The molecule has 0 bridgehead atoms. The summed E-state index contributed by atoms with van der Waals surface area (Å²) in [6, 6.07) is -0.0789. The fraction of sp³-hybridized carbons (Fsp3) is 0.917. The van der Waals surface area contributed by atoms with Crippen molar-refractivity contribution >= 4 is 15.7 Å². The molecule has 1 aliphatic carbocycles. The highest BCUT2D eigenvalue weighted by atomic mass is 32.2.